The lowest BCUT2D eigenvalue weighted by Crippen LogP contribution is -2.47. The minimum absolute atomic E-state index is 0.0790. The predicted octanol–water partition coefficient (Wildman–Crippen LogP) is 6.25. The summed E-state index contributed by atoms with van der Waals surface area (Å²) in [6.07, 6.45) is 9.77. The summed E-state index contributed by atoms with van der Waals surface area (Å²) in [6, 6.07) is 6.03. The lowest BCUT2D eigenvalue weighted by molar-refractivity contribution is -0.0494. The van der Waals surface area contributed by atoms with E-state index in [-0.39, 0.29) is 11.5 Å². The van der Waals surface area contributed by atoms with Gasteiger partial charge in [-0.05, 0) is 129 Å². The smallest absolute Gasteiger partial charge is 0.115 e. The van der Waals surface area contributed by atoms with Crippen molar-refractivity contribution in [2.45, 2.75) is 63.9 Å². The Bertz CT molecular complexity index is 712. The molecule has 0 amide bonds. The summed E-state index contributed by atoms with van der Waals surface area (Å²) < 4.78 is 1.02. The summed E-state index contributed by atoms with van der Waals surface area (Å²) in [5.74, 6) is 2.86. The quantitative estimate of drug-likeness (QED) is 0.533. The number of aryl methyl sites for hydroxylation is 1. The topological polar surface area (TPSA) is 40.5 Å². The Balaban J connectivity index is 1.70. The number of allylic oxidation sites excluding steroid dienone is 1. The van der Waals surface area contributed by atoms with Gasteiger partial charge in [-0.25, -0.2) is 0 Å². The SMILES string of the molecule is C[C@]12C[C@H](CCC=C(Br)Br)C3c4ccc(O)cc4CCC3C1CC[C@@H]2O. The molecule has 3 aliphatic rings. The van der Waals surface area contributed by atoms with Crippen molar-refractivity contribution in [2.75, 3.05) is 0 Å². The van der Waals surface area contributed by atoms with Crippen molar-refractivity contribution in [1.82, 2.24) is 0 Å². The number of aliphatic hydroxyl groups excluding tert-OH is 1. The van der Waals surface area contributed by atoms with Crippen molar-refractivity contribution >= 4 is 31.9 Å². The molecule has 0 spiro atoms. The predicted molar refractivity (Wildman–Crippen MR) is 113 cm³/mol. The molecule has 2 saturated carbocycles. The Morgan fingerprint density at radius 2 is 2.08 bits per heavy atom. The molecule has 4 heteroatoms. The van der Waals surface area contributed by atoms with Gasteiger partial charge in [-0.15, -0.1) is 0 Å². The number of hydrogen-bond acceptors (Lipinski definition) is 2. The Morgan fingerprint density at radius 1 is 1.27 bits per heavy atom. The first kappa shape index (κ1) is 19.0. The highest BCUT2D eigenvalue weighted by Gasteiger charge is 2.57. The molecule has 26 heavy (non-hydrogen) atoms. The zero-order valence-electron chi connectivity index (χ0n) is 15.3. The number of rotatable bonds is 3. The molecule has 2 N–H and O–H groups in total. The molecule has 4 rings (SSSR count). The van der Waals surface area contributed by atoms with Crippen LogP contribution in [0.3, 0.4) is 0 Å². The van der Waals surface area contributed by atoms with Gasteiger partial charge in [0, 0.05) is 0 Å². The first-order valence-electron chi connectivity index (χ1n) is 9.91. The number of fused-ring (bicyclic) bond motifs is 5. The normalized spacial score (nSPS) is 38.2. The van der Waals surface area contributed by atoms with E-state index in [1.807, 2.05) is 12.1 Å². The van der Waals surface area contributed by atoms with Gasteiger partial charge in [0.15, 0.2) is 0 Å². The zero-order chi connectivity index (χ0) is 18.5. The molecule has 3 unspecified atom stereocenters. The van der Waals surface area contributed by atoms with Crippen molar-refractivity contribution in [1.29, 1.82) is 0 Å². The summed E-state index contributed by atoms with van der Waals surface area (Å²) in [6.45, 7) is 2.35. The lowest BCUT2D eigenvalue weighted by Gasteiger charge is -2.54. The highest BCUT2D eigenvalue weighted by atomic mass is 79.9. The number of benzene rings is 1. The number of hydrogen-bond donors (Lipinski definition) is 2. The van der Waals surface area contributed by atoms with E-state index in [2.05, 4.69) is 50.9 Å². The van der Waals surface area contributed by atoms with Crippen LogP contribution in [0.15, 0.2) is 27.7 Å². The van der Waals surface area contributed by atoms with Gasteiger partial charge in [-0.3, -0.25) is 0 Å². The standard InChI is InChI=1S/C22H28Br2O2/c1-22-12-14(3-2-4-20(23)24)21-16-8-6-15(25)11-13(16)5-7-17(21)18(22)9-10-19(22)26/h4,6,8,11,14,17-19,21,25-26H,2-3,5,7,9-10,12H2,1H3/t14-,17?,18?,19-,21?,22-/m0/s1. The molecule has 0 heterocycles. The minimum atomic E-state index is -0.143. The van der Waals surface area contributed by atoms with Crippen LogP contribution in [0.25, 0.3) is 0 Å². The largest absolute Gasteiger partial charge is 0.508 e. The average molecular weight is 484 g/mol. The Hall–Kier alpha value is -0.320. The van der Waals surface area contributed by atoms with Crippen LogP contribution in [0.1, 0.15) is 62.5 Å². The van der Waals surface area contributed by atoms with Crippen molar-refractivity contribution in [3.05, 3.63) is 38.8 Å². The average Bonchev–Trinajstić information content (AvgIpc) is 2.89. The molecule has 0 aliphatic heterocycles. The second-order valence-corrected chi connectivity index (χ2v) is 11.6. The van der Waals surface area contributed by atoms with Gasteiger partial charge in [-0.2, -0.15) is 0 Å². The molecule has 0 radical (unpaired) electrons. The summed E-state index contributed by atoms with van der Waals surface area (Å²) in [4.78, 5) is 0. The van der Waals surface area contributed by atoms with Crippen molar-refractivity contribution in [3.63, 3.8) is 0 Å². The van der Waals surface area contributed by atoms with E-state index in [0.717, 1.165) is 35.5 Å². The molecule has 2 nitrogen and oxygen atoms in total. The minimum Gasteiger partial charge on any atom is -0.508 e. The van der Waals surface area contributed by atoms with Gasteiger partial charge in [-0.1, -0.05) is 19.1 Å². The molecule has 0 bridgehead atoms. The maximum absolute atomic E-state index is 10.8. The second-order valence-electron chi connectivity index (χ2n) is 8.85. The van der Waals surface area contributed by atoms with Gasteiger partial charge in [0.2, 0.25) is 0 Å². The highest BCUT2D eigenvalue weighted by Crippen LogP contribution is 2.63. The van der Waals surface area contributed by atoms with Gasteiger partial charge < -0.3 is 10.2 Å². The van der Waals surface area contributed by atoms with Crippen LogP contribution in [-0.4, -0.2) is 16.3 Å². The fraction of sp³-hybridized carbons (Fsp3) is 0.636. The maximum Gasteiger partial charge on any atom is 0.115 e. The highest BCUT2D eigenvalue weighted by molar-refractivity contribution is 9.28. The number of aliphatic hydroxyl groups is 1. The van der Waals surface area contributed by atoms with E-state index < -0.39 is 0 Å². The van der Waals surface area contributed by atoms with Crippen LogP contribution >= 0.6 is 31.9 Å². The molecule has 142 valence electrons. The summed E-state index contributed by atoms with van der Waals surface area (Å²) >= 11 is 6.95. The third kappa shape index (κ3) is 3.20. The van der Waals surface area contributed by atoms with Crippen LogP contribution < -0.4 is 0 Å². The fourth-order valence-corrected chi connectivity index (χ4v) is 6.99. The molecular weight excluding hydrogens is 456 g/mol. The molecule has 1 aromatic rings. The molecule has 2 fully saturated rings. The molecule has 0 saturated heterocycles. The van der Waals surface area contributed by atoms with Crippen LogP contribution in [0.2, 0.25) is 0 Å². The molecule has 3 aliphatic carbocycles. The van der Waals surface area contributed by atoms with Crippen molar-refractivity contribution < 1.29 is 10.2 Å². The van der Waals surface area contributed by atoms with E-state index in [9.17, 15) is 10.2 Å². The third-order valence-electron chi connectivity index (χ3n) is 7.62. The van der Waals surface area contributed by atoms with E-state index in [0.29, 0.717) is 29.4 Å². The zero-order valence-corrected chi connectivity index (χ0v) is 18.5. The van der Waals surface area contributed by atoms with E-state index >= 15 is 0 Å². The lowest BCUT2D eigenvalue weighted by atomic mass is 9.51. The van der Waals surface area contributed by atoms with Gasteiger partial charge in [0.05, 0.1) is 9.50 Å². The Morgan fingerprint density at radius 3 is 2.85 bits per heavy atom. The summed E-state index contributed by atoms with van der Waals surface area (Å²) in [5, 5.41) is 20.7. The summed E-state index contributed by atoms with van der Waals surface area (Å²) in [5.41, 5.74) is 2.89. The number of phenolic OH excluding ortho intramolecular Hbond substituents is 1. The van der Waals surface area contributed by atoms with Crippen molar-refractivity contribution in [2.24, 2.45) is 23.2 Å². The van der Waals surface area contributed by atoms with Crippen LogP contribution in [0, 0.1) is 23.2 Å². The number of halogens is 2. The third-order valence-corrected chi connectivity index (χ3v) is 8.26. The van der Waals surface area contributed by atoms with Gasteiger partial charge in [0.25, 0.3) is 0 Å². The van der Waals surface area contributed by atoms with E-state index in [4.69, 9.17) is 0 Å². The molecule has 1 aromatic carbocycles. The van der Waals surface area contributed by atoms with Crippen molar-refractivity contribution in [3.8, 4) is 5.75 Å². The van der Waals surface area contributed by atoms with Gasteiger partial charge >= 0.3 is 0 Å². The first-order chi connectivity index (χ1) is 12.4. The maximum atomic E-state index is 10.8. The number of phenols is 1. The van der Waals surface area contributed by atoms with E-state index in [1.54, 1.807) is 0 Å². The van der Waals surface area contributed by atoms with Crippen LogP contribution in [-0.2, 0) is 6.42 Å². The first-order valence-corrected chi connectivity index (χ1v) is 11.5. The number of aromatic hydroxyl groups is 1. The fourth-order valence-electron chi connectivity index (χ4n) is 6.54. The second kappa shape index (κ2) is 7.25. The molecular formula is C22H28Br2O2. The monoisotopic (exact) mass is 482 g/mol. The Kier molecular flexibility index (Phi) is 5.31. The Labute approximate surface area is 173 Å². The molecule has 0 aromatic heterocycles. The van der Waals surface area contributed by atoms with Crippen LogP contribution in [0.5, 0.6) is 5.75 Å². The van der Waals surface area contributed by atoms with Gasteiger partial charge in [0.1, 0.15) is 5.75 Å². The molecule has 6 atom stereocenters. The van der Waals surface area contributed by atoms with Crippen LogP contribution in [0.4, 0.5) is 0 Å². The summed E-state index contributed by atoms with van der Waals surface area (Å²) in [7, 11) is 0. The van der Waals surface area contributed by atoms with E-state index in [1.165, 1.54) is 24.0 Å².